The van der Waals surface area contributed by atoms with Crippen molar-refractivity contribution >= 4 is 6.09 Å². The molecule has 0 aliphatic carbocycles. The molecule has 0 aromatic heterocycles. The van der Waals surface area contributed by atoms with Crippen LogP contribution in [0.1, 0.15) is 26.7 Å². The fourth-order valence-corrected chi connectivity index (χ4v) is 1.24. The van der Waals surface area contributed by atoms with Crippen molar-refractivity contribution in [2.24, 2.45) is 5.41 Å². The number of carbonyl (C=O) groups is 1. The number of alkyl carbamates (subject to hydrolysis) is 1. The molecule has 0 saturated carbocycles. The largest absolute Gasteiger partial charge is 0.440 e. The van der Waals surface area contributed by atoms with Crippen molar-refractivity contribution in [1.29, 1.82) is 0 Å². The molecule has 17 heavy (non-hydrogen) atoms. The SMILES string of the molecule is CCC(CC)(CO)CNC(=O)OCC(F)(F)F. The summed E-state index contributed by atoms with van der Waals surface area (Å²) in [4.78, 5) is 11.0. The first kappa shape index (κ1) is 16.0. The molecule has 0 radical (unpaired) electrons. The predicted molar refractivity (Wildman–Crippen MR) is 55.5 cm³/mol. The number of halogens is 3. The van der Waals surface area contributed by atoms with E-state index in [0.717, 1.165) is 0 Å². The Morgan fingerprint density at radius 3 is 2.18 bits per heavy atom. The third kappa shape index (κ3) is 6.35. The Hall–Kier alpha value is -0.980. The molecule has 0 aromatic carbocycles. The molecule has 0 unspecified atom stereocenters. The minimum absolute atomic E-state index is 0.0905. The maximum atomic E-state index is 11.7. The van der Waals surface area contributed by atoms with Gasteiger partial charge in [-0.15, -0.1) is 0 Å². The van der Waals surface area contributed by atoms with Crippen LogP contribution in [0.15, 0.2) is 0 Å². The molecule has 7 heteroatoms. The molecular formula is C10H18F3NO3. The van der Waals surface area contributed by atoms with Gasteiger partial charge in [0.1, 0.15) is 0 Å². The van der Waals surface area contributed by atoms with Crippen LogP contribution in [0.5, 0.6) is 0 Å². The van der Waals surface area contributed by atoms with Crippen molar-refractivity contribution in [3.63, 3.8) is 0 Å². The lowest BCUT2D eigenvalue weighted by molar-refractivity contribution is -0.160. The van der Waals surface area contributed by atoms with E-state index in [2.05, 4.69) is 10.1 Å². The lowest BCUT2D eigenvalue weighted by atomic mass is 9.83. The van der Waals surface area contributed by atoms with Crippen LogP contribution >= 0.6 is 0 Å². The van der Waals surface area contributed by atoms with Gasteiger partial charge in [-0.2, -0.15) is 13.2 Å². The molecule has 0 bridgehead atoms. The molecule has 0 atom stereocenters. The third-order valence-corrected chi connectivity index (χ3v) is 2.81. The number of aliphatic hydroxyl groups excluding tert-OH is 1. The molecule has 0 saturated heterocycles. The fraction of sp³-hybridized carbons (Fsp3) is 0.900. The number of hydrogen-bond acceptors (Lipinski definition) is 3. The topological polar surface area (TPSA) is 58.6 Å². The van der Waals surface area contributed by atoms with Crippen LogP contribution in [0.2, 0.25) is 0 Å². The van der Waals surface area contributed by atoms with Crippen molar-refractivity contribution in [2.45, 2.75) is 32.9 Å². The van der Waals surface area contributed by atoms with E-state index in [-0.39, 0.29) is 13.2 Å². The average Bonchev–Trinajstić information content (AvgIpc) is 2.28. The van der Waals surface area contributed by atoms with Crippen LogP contribution in [0, 0.1) is 5.41 Å². The van der Waals surface area contributed by atoms with E-state index in [0.29, 0.717) is 12.8 Å². The zero-order chi connectivity index (χ0) is 13.5. The van der Waals surface area contributed by atoms with Gasteiger partial charge in [0.25, 0.3) is 0 Å². The lowest BCUT2D eigenvalue weighted by Crippen LogP contribution is -2.40. The van der Waals surface area contributed by atoms with Gasteiger partial charge >= 0.3 is 12.3 Å². The summed E-state index contributed by atoms with van der Waals surface area (Å²) in [7, 11) is 0. The van der Waals surface area contributed by atoms with Crippen LogP contribution < -0.4 is 5.32 Å². The standard InChI is InChI=1S/C10H18F3NO3/c1-3-9(4-2,6-15)5-14-8(16)17-7-10(11,12)13/h15H,3-7H2,1-2H3,(H,14,16). The van der Waals surface area contributed by atoms with Crippen molar-refractivity contribution < 1.29 is 27.8 Å². The number of ether oxygens (including phenoxy) is 1. The van der Waals surface area contributed by atoms with Gasteiger partial charge < -0.3 is 15.2 Å². The first-order chi connectivity index (χ1) is 7.78. The van der Waals surface area contributed by atoms with E-state index in [1.54, 1.807) is 0 Å². The summed E-state index contributed by atoms with van der Waals surface area (Å²) in [5, 5.41) is 11.4. The van der Waals surface area contributed by atoms with Gasteiger partial charge in [-0.25, -0.2) is 4.79 Å². The van der Waals surface area contributed by atoms with Crippen LogP contribution in [0.4, 0.5) is 18.0 Å². The molecule has 0 aromatic rings. The number of carbonyl (C=O) groups excluding carboxylic acids is 1. The van der Waals surface area contributed by atoms with Crippen molar-refractivity contribution in [1.82, 2.24) is 5.32 Å². The van der Waals surface area contributed by atoms with Gasteiger partial charge in [0.05, 0.1) is 6.61 Å². The quantitative estimate of drug-likeness (QED) is 0.765. The number of amides is 1. The summed E-state index contributed by atoms with van der Waals surface area (Å²) >= 11 is 0. The second-order valence-corrected chi connectivity index (χ2v) is 3.91. The lowest BCUT2D eigenvalue weighted by Gasteiger charge is -2.29. The van der Waals surface area contributed by atoms with E-state index in [4.69, 9.17) is 0 Å². The monoisotopic (exact) mass is 257 g/mol. The molecule has 1 amide bonds. The number of alkyl halides is 3. The molecule has 0 fully saturated rings. The molecule has 0 heterocycles. The summed E-state index contributed by atoms with van der Waals surface area (Å²) in [5.74, 6) is 0. The number of hydrogen-bond donors (Lipinski definition) is 2. The second-order valence-electron chi connectivity index (χ2n) is 3.91. The fourth-order valence-electron chi connectivity index (χ4n) is 1.24. The Balaban J connectivity index is 4.06. The highest BCUT2D eigenvalue weighted by Gasteiger charge is 2.30. The maximum Gasteiger partial charge on any atom is 0.422 e. The van der Waals surface area contributed by atoms with E-state index < -0.39 is 24.3 Å². The third-order valence-electron chi connectivity index (χ3n) is 2.81. The Kier molecular flexibility index (Phi) is 6.30. The zero-order valence-electron chi connectivity index (χ0n) is 9.93. The smallest absolute Gasteiger partial charge is 0.422 e. The van der Waals surface area contributed by atoms with Gasteiger partial charge in [0.2, 0.25) is 0 Å². The van der Waals surface area contributed by atoms with E-state index in [9.17, 15) is 23.1 Å². The zero-order valence-corrected chi connectivity index (χ0v) is 9.93. The summed E-state index contributed by atoms with van der Waals surface area (Å²) in [6.07, 6.45) is -4.43. The summed E-state index contributed by atoms with van der Waals surface area (Å²) < 4.78 is 39.2. The van der Waals surface area contributed by atoms with Crippen LogP contribution in [-0.2, 0) is 4.74 Å². The van der Waals surface area contributed by atoms with Gasteiger partial charge in [-0.3, -0.25) is 0 Å². The van der Waals surface area contributed by atoms with E-state index >= 15 is 0 Å². The molecule has 0 aliphatic heterocycles. The average molecular weight is 257 g/mol. The highest BCUT2D eigenvalue weighted by molar-refractivity contribution is 5.67. The van der Waals surface area contributed by atoms with Gasteiger partial charge in [0.15, 0.2) is 6.61 Å². The minimum atomic E-state index is -4.53. The predicted octanol–water partition coefficient (Wildman–Crippen LogP) is 2.07. The van der Waals surface area contributed by atoms with Crippen molar-refractivity contribution in [3.05, 3.63) is 0 Å². The highest BCUT2D eigenvalue weighted by atomic mass is 19.4. The van der Waals surface area contributed by atoms with Crippen LogP contribution in [0.3, 0.4) is 0 Å². The molecule has 4 nitrogen and oxygen atoms in total. The molecule has 102 valence electrons. The van der Waals surface area contributed by atoms with Gasteiger partial charge in [-0.1, -0.05) is 13.8 Å². The molecule has 2 N–H and O–H groups in total. The normalized spacial score (nSPS) is 12.4. The highest BCUT2D eigenvalue weighted by Crippen LogP contribution is 2.24. The number of rotatable bonds is 6. The first-order valence-corrected chi connectivity index (χ1v) is 5.37. The van der Waals surface area contributed by atoms with Crippen molar-refractivity contribution in [3.8, 4) is 0 Å². The van der Waals surface area contributed by atoms with Crippen LogP contribution in [-0.4, -0.2) is 37.1 Å². The Morgan fingerprint density at radius 2 is 1.82 bits per heavy atom. The Labute approximate surface area is 98.1 Å². The summed E-state index contributed by atoms with van der Waals surface area (Å²) in [5.41, 5.74) is -0.503. The molecule has 0 aliphatic rings. The van der Waals surface area contributed by atoms with E-state index in [1.165, 1.54) is 0 Å². The van der Waals surface area contributed by atoms with Gasteiger partial charge in [-0.05, 0) is 12.8 Å². The second kappa shape index (κ2) is 6.68. The van der Waals surface area contributed by atoms with E-state index in [1.807, 2.05) is 13.8 Å². The molecule has 0 spiro atoms. The summed E-state index contributed by atoms with van der Waals surface area (Å²) in [6, 6.07) is 0. The number of nitrogens with one attached hydrogen (secondary N) is 1. The summed E-state index contributed by atoms with van der Waals surface area (Å²) in [6.45, 7) is 2.01. The Morgan fingerprint density at radius 1 is 1.29 bits per heavy atom. The molecule has 0 rings (SSSR count). The number of aliphatic hydroxyl groups is 1. The Bertz CT molecular complexity index is 231. The van der Waals surface area contributed by atoms with Crippen LogP contribution in [0.25, 0.3) is 0 Å². The van der Waals surface area contributed by atoms with Crippen molar-refractivity contribution in [2.75, 3.05) is 19.8 Å². The maximum absolute atomic E-state index is 11.7. The first-order valence-electron chi connectivity index (χ1n) is 5.37. The molecular weight excluding hydrogens is 239 g/mol. The minimum Gasteiger partial charge on any atom is -0.440 e. The van der Waals surface area contributed by atoms with Gasteiger partial charge in [0, 0.05) is 12.0 Å².